The van der Waals surface area contributed by atoms with Crippen LogP contribution in [-0.2, 0) is 16.0 Å². The molecule has 2 amide bonds. The predicted octanol–water partition coefficient (Wildman–Crippen LogP) is 1.47. The smallest absolute Gasteiger partial charge is 0.227 e. The first-order valence-corrected chi connectivity index (χ1v) is 8.61. The van der Waals surface area contributed by atoms with E-state index in [0.717, 1.165) is 17.7 Å². The highest BCUT2D eigenvalue weighted by atomic mass is 16.6. The molecular weight excluding hydrogens is 308 g/mol. The number of nitrogens with zero attached hydrogens (tertiary/aromatic N) is 2. The Balaban J connectivity index is 1.53. The van der Waals surface area contributed by atoms with Gasteiger partial charge in [0.2, 0.25) is 11.8 Å². The molecule has 0 saturated carbocycles. The van der Waals surface area contributed by atoms with E-state index in [1.807, 2.05) is 34.9 Å². The first kappa shape index (κ1) is 16.6. The van der Waals surface area contributed by atoms with Gasteiger partial charge in [0.1, 0.15) is 13.2 Å². The Morgan fingerprint density at radius 2 is 1.58 bits per heavy atom. The van der Waals surface area contributed by atoms with Crippen LogP contribution in [0.2, 0.25) is 0 Å². The van der Waals surface area contributed by atoms with Gasteiger partial charge in [0.25, 0.3) is 0 Å². The zero-order valence-corrected chi connectivity index (χ0v) is 14.1. The zero-order valence-electron chi connectivity index (χ0n) is 14.1. The number of carbonyl (C=O) groups excluding carboxylic acids is 2. The lowest BCUT2D eigenvalue weighted by molar-refractivity contribution is -0.139. The van der Waals surface area contributed by atoms with Gasteiger partial charge in [-0.3, -0.25) is 9.59 Å². The molecule has 0 radical (unpaired) electrons. The van der Waals surface area contributed by atoms with E-state index in [2.05, 4.69) is 0 Å². The predicted molar refractivity (Wildman–Crippen MR) is 89.2 cm³/mol. The molecule has 130 valence electrons. The van der Waals surface area contributed by atoms with E-state index in [0.29, 0.717) is 58.0 Å². The molecule has 1 aromatic carbocycles. The fourth-order valence-electron chi connectivity index (χ4n) is 3.06. The summed E-state index contributed by atoms with van der Waals surface area (Å²) >= 11 is 0. The summed E-state index contributed by atoms with van der Waals surface area (Å²) in [5.41, 5.74) is 0.925. The normalized spacial score (nSPS) is 16.9. The number of rotatable bonds is 4. The lowest BCUT2D eigenvalue weighted by Crippen LogP contribution is -2.50. The number of hydrogen-bond acceptors (Lipinski definition) is 4. The van der Waals surface area contributed by atoms with Gasteiger partial charge in [-0.25, -0.2) is 0 Å². The molecule has 0 unspecified atom stereocenters. The van der Waals surface area contributed by atoms with Crippen molar-refractivity contribution in [3.63, 3.8) is 0 Å². The molecule has 2 heterocycles. The maximum atomic E-state index is 12.5. The monoisotopic (exact) mass is 332 g/mol. The average molecular weight is 332 g/mol. The Kier molecular flexibility index (Phi) is 5.23. The van der Waals surface area contributed by atoms with E-state index in [4.69, 9.17) is 9.47 Å². The quantitative estimate of drug-likeness (QED) is 0.838. The highest BCUT2D eigenvalue weighted by molar-refractivity contribution is 5.80. The Morgan fingerprint density at radius 1 is 0.958 bits per heavy atom. The van der Waals surface area contributed by atoms with Crippen molar-refractivity contribution in [3.8, 4) is 11.5 Å². The Morgan fingerprint density at radius 3 is 2.25 bits per heavy atom. The largest absolute Gasteiger partial charge is 0.486 e. The van der Waals surface area contributed by atoms with Crippen LogP contribution in [0.3, 0.4) is 0 Å². The molecule has 0 spiro atoms. The minimum atomic E-state index is 0.0919. The summed E-state index contributed by atoms with van der Waals surface area (Å²) < 4.78 is 11.1. The lowest BCUT2D eigenvalue weighted by Gasteiger charge is -2.35. The third-order valence-electron chi connectivity index (χ3n) is 4.41. The van der Waals surface area contributed by atoms with Crippen molar-refractivity contribution in [1.82, 2.24) is 9.80 Å². The van der Waals surface area contributed by atoms with Gasteiger partial charge in [-0.15, -0.1) is 0 Å². The van der Waals surface area contributed by atoms with Crippen LogP contribution in [0.4, 0.5) is 0 Å². The minimum Gasteiger partial charge on any atom is -0.486 e. The van der Waals surface area contributed by atoms with Gasteiger partial charge in [-0.1, -0.05) is 13.0 Å². The molecular formula is C18H24N2O4. The van der Waals surface area contributed by atoms with Gasteiger partial charge >= 0.3 is 0 Å². The molecule has 6 heteroatoms. The van der Waals surface area contributed by atoms with Crippen molar-refractivity contribution < 1.29 is 19.1 Å². The third kappa shape index (κ3) is 3.80. The van der Waals surface area contributed by atoms with E-state index in [9.17, 15) is 9.59 Å². The first-order valence-electron chi connectivity index (χ1n) is 8.61. The molecule has 2 aliphatic rings. The minimum absolute atomic E-state index is 0.0919. The Labute approximate surface area is 142 Å². The van der Waals surface area contributed by atoms with E-state index >= 15 is 0 Å². The van der Waals surface area contributed by atoms with Crippen molar-refractivity contribution >= 4 is 11.8 Å². The molecule has 6 nitrogen and oxygen atoms in total. The lowest BCUT2D eigenvalue weighted by atomic mass is 10.1. The SMILES string of the molecule is CCCC(=O)N1CCN(C(=O)Cc2ccc3c(c2)OCCO3)CC1. The summed E-state index contributed by atoms with van der Waals surface area (Å²) in [7, 11) is 0. The molecule has 0 atom stereocenters. The van der Waals surface area contributed by atoms with E-state index in [-0.39, 0.29) is 11.8 Å². The molecule has 1 aromatic rings. The summed E-state index contributed by atoms with van der Waals surface area (Å²) in [5, 5.41) is 0. The first-order chi connectivity index (χ1) is 11.7. The Bertz CT molecular complexity index is 609. The van der Waals surface area contributed by atoms with Crippen molar-refractivity contribution in [2.75, 3.05) is 39.4 Å². The fourth-order valence-corrected chi connectivity index (χ4v) is 3.06. The molecule has 0 N–H and O–H groups in total. The molecule has 24 heavy (non-hydrogen) atoms. The molecule has 3 rings (SSSR count). The van der Waals surface area contributed by atoms with E-state index in [1.165, 1.54) is 0 Å². The summed E-state index contributed by atoms with van der Waals surface area (Å²) in [5.74, 6) is 1.73. The molecule has 1 saturated heterocycles. The number of ether oxygens (including phenoxy) is 2. The molecule has 2 aliphatic heterocycles. The second-order valence-corrected chi connectivity index (χ2v) is 6.17. The van der Waals surface area contributed by atoms with Crippen molar-refractivity contribution in [3.05, 3.63) is 23.8 Å². The number of carbonyl (C=O) groups is 2. The molecule has 1 fully saturated rings. The van der Waals surface area contributed by atoms with Crippen LogP contribution < -0.4 is 9.47 Å². The molecule has 0 aliphatic carbocycles. The number of hydrogen-bond donors (Lipinski definition) is 0. The van der Waals surface area contributed by atoms with Crippen LogP contribution in [0.1, 0.15) is 25.3 Å². The van der Waals surface area contributed by atoms with E-state index in [1.54, 1.807) is 0 Å². The number of piperazine rings is 1. The van der Waals surface area contributed by atoms with Crippen molar-refractivity contribution in [2.24, 2.45) is 0 Å². The van der Waals surface area contributed by atoms with Gasteiger partial charge in [-0.2, -0.15) is 0 Å². The van der Waals surface area contributed by atoms with Crippen LogP contribution in [0.15, 0.2) is 18.2 Å². The molecule has 0 aromatic heterocycles. The summed E-state index contributed by atoms with van der Waals surface area (Å²) in [6.07, 6.45) is 1.80. The highest BCUT2D eigenvalue weighted by Gasteiger charge is 2.24. The zero-order chi connectivity index (χ0) is 16.9. The second-order valence-electron chi connectivity index (χ2n) is 6.17. The maximum absolute atomic E-state index is 12.5. The van der Waals surface area contributed by atoms with Gasteiger partial charge in [0.05, 0.1) is 6.42 Å². The second kappa shape index (κ2) is 7.55. The number of amides is 2. The average Bonchev–Trinajstić information content (AvgIpc) is 2.62. The van der Waals surface area contributed by atoms with Crippen LogP contribution in [0.5, 0.6) is 11.5 Å². The van der Waals surface area contributed by atoms with Gasteiger partial charge in [0.15, 0.2) is 11.5 Å². The standard InChI is InChI=1S/C18H24N2O4/c1-2-3-17(21)19-6-8-20(9-7-19)18(22)13-14-4-5-15-16(12-14)24-11-10-23-15/h4-5,12H,2-3,6-11,13H2,1H3. The van der Waals surface area contributed by atoms with Crippen molar-refractivity contribution in [1.29, 1.82) is 0 Å². The van der Waals surface area contributed by atoms with Crippen LogP contribution in [0, 0.1) is 0 Å². The topological polar surface area (TPSA) is 59.1 Å². The molecule has 0 bridgehead atoms. The van der Waals surface area contributed by atoms with Gasteiger partial charge in [0, 0.05) is 32.6 Å². The Hall–Kier alpha value is -2.24. The van der Waals surface area contributed by atoms with E-state index < -0.39 is 0 Å². The summed E-state index contributed by atoms with van der Waals surface area (Å²) in [6, 6.07) is 5.65. The maximum Gasteiger partial charge on any atom is 0.227 e. The van der Waals surface area contributed by atoms with Crippen LogP contribution in [-0.4, -0.2) is 61.0 Å². The van der Waals surface area contributed by atoms with Crippen LogP contribution >= 0.6 is 0 Å². The number of fused-ring (bicyclic) bond motifs is 1. The van der Waals surface area contributed by atoms with Crippen molar-refractivity contribution in [2.45, 2.75) is 26.2 Å². The number of benzene rings is 1. The summed E-state index contributed by atoms with van der Waals surface area (Å²) in [4.78, 5) is 28.1. The third-order valence-corrected chi connectivity index (χ3v) is 4.41. The van der Waals surface area contributed by atoms with Gasteiger partial charge < -0.3 is 19.3 Å². The van der Waals surface area contributed by atoms with Crippen LogP contribution in [0.25, 0.3) is 0 Å². The highest BCUT2D eigenvalue weighted by Crippen LogP contribution is 2.31. The van der Waals surface area contributed by atoms with Gasteiger partial charge in [-0.05, 0) is 24.1 Å². The summed E-state index contributed by atoms with van der Waals surface area (Å²) in [6.45, 7) is 5.59. The fraction of sp³-hybridized carbons (Fsp3) is 0.556.